The van der Waals surface area contributed by atoms with Crippen LogP contribution in [0.15, 0.2) is 4.42 Å². The average molecular weight is 207 g/mol. The molecule has 0 aromatic carbocycles. The third kappa shape index (κ3) is 3.37. The van der Waals surface area contributed by atoms with Crippen LogP contribution >= 0.6 is 0 Å². The van der Waals surface area contributed by atoms with Gasteiger partial charge in [0.05, 0.1) is 18.3 Å². The Balaban J connectivity index is 2.55. The summed E-state index contributed by atoms with van der Waals surface area (Å²) < 4.78 is 5.49. The highest BCUT2D eigenvalue weighted by atomic mass is 16.4. The zero-order valence-corrected chi connectivity index (χ0v) is 9.58. The summed E-state index contributed by atoms with van der Waals surface area (Å²) in [6.45, 7) is 8.29. The molecule has 0 saturated heterocycles. The van der Waals surface area contributed by atoms with Gasteiger partial charge in [-0.3, -0.25) is 4.90 Å². The second kappa shape index (κ2) is 5.52. The Labute approximate surface area is 90.5 Å². The molecule has 15 heavy (non-hydrogen) atoms. The van der Waals surface area contributed by atoms with Gasteiger partial charge in [0, 0.05) is 13.0 Å². The first-order valence-corrected chi connectivity index (χ1v) is 5.19. The summed E-state index contributed by atoms with van der Waals surface area (Å²) in [5.74, 6) is 1.62. The third-order valence-corrected chi connectivity index (χ3v) is 2.42. The van der Waals surface area contributed by atoms with Crippen LogP contribution in [-0.2, 0) is 6.54 Å². The molecule has 0 unspecified atom stereocenters. The molecule has 0 amide bonds. The minimum Gasteiger partial charge on any atom is -0.444 e. The summed E-state index contributed by atoms with van der Waals surface area (Å²) in [5, 5.41) is 8.51. The summed E-state index contributed by atoms with van der Waals surface area (Å²) in [6.07, 6.45) is 0.548. The third-order valence-electron chi connectivity index (χ3n) is 2.42. The molecule has 0 N–H and O–H groups in total. The van der Waals surface area contributed by atoms with Crippen molar-refractivity contribution in [1.29, 1.82) is 5.26 Å². The van der Waals surface area contributed by atoms with Crippen molar-refractivity contribution in [3.05, 3.63) is 17.3 Å². The minimum atomic E-state index is 0.548. The summed E-state index contributed by atoms with van der Waals surface area (Å²) in [7, 11) is 0. The Kier molecular flexibility index (Phi) is 4.32. The number of nitrogens with zero attached hydrogens (tertiary/aromatic N) is 3. The predicted octanol–water partition coefficient (Wildman–Crippen LogP) is 2.03. The zero-order chi connectivity index (χ0) is 11.3. The van der Waals surface area contributed by atoms with E-state index in [1.165, 1.54) is 0 Å². The van der Waals surface area contributed by atoms with Crippen LogP contribution in [-0.4, -0.2) is 23.0 Å². The summed E-state index contributed by atoms with van der Waals surface area (Å²) in [6, 6.07) is 2.14. The van der Waals surface area contributed by atoms with Gasteiger partial charge in [-0.15, -0.1) is 0 Å². The first kappa shape index (κ1) is 11.7. The lowest BCUT2D eigenvalue weighted by atomic mass is 10.4. The van der Waals surface area contributed by atoms with Gasteiger partial charge < -0.3 is 4.42 Å². The van der Waals surface area contributed by atoms with Gasteiger partial charge in [0.1, 0.15) is 5.76 Å². The molecule has 1 aromatic heterocycles. The lowest BCUT2D eigenvalue weighted by Crippen LogP contribution is -2.23. The van der Waals surface area contributed by atoms with Crippen molar-refractivity contribution in [2.24, 2.45) is 0 Å². The zero-order valence-electron chi connectivity index (χ0n) is 9.58. The molecule has 4 heteroatoms. The van der Waals surface area contributed by atoms with E-state index in [4.69, 9.17) is 9.68 Å². The second-order valence-electron chi connectivity index (χ2n) is 3.53. The van der Waals surface area contributed by atoms with E-state index >= 15 is 0 Å². The monoisotopic (exact) mass is 207 g/mol. The molecule has 0 aliphatic rings. The molecule has 82 valence electrons. The van der Waals surface area contributed by atoms with Crippen LogP contribution in [0, 0.1) is 25.2 Å². The molecule has 0 spiro atoms. The van der Waals surface area contributed by atoms with Crippen LogP contribution in [0.1, 0.15) is 30.7 Å². The molecule has 4 nitrogen and oxygen atoms in total. The SMILES string of the molecule is CCN(CCC#N)Cc1nc(C)c(C)o1. The Hall–Kier alpha value is -1.34. The van der Waals surface area contributed by atoms with Crippen LogP contribution in [0.2, 0.25) is 0 Å². The van der Waals surface area contributed by atoms with Crippen LogP contribution in [0.4, 0.5) is 0 Å². The van der Waals surface area contributed by atoms with Crippen molar-refractivity contribution >= 4 is 0 Å². The Morgan fingerprint density at radius 2 is 2.20 bits per heavy atom. The molecule has 0 bridgehead atoms. The number of nitriles is 1. The van der Waals surface area contributed by atoms with Gasteiger partial charge in [0.2, 0.25) is 5.89 Å². The predicted molar refractivity (Wildman–Crippen MR) is 57.2 cm³/mol. The highest BCUT2D eigenvalue weighted by Gasteiger charge is 2.09. The fraction of sp³-hybridized carbons (Fsp3) is 0.636. The van der Waals surface area contributed by atoms with Gasteiger partial charge in [0.15, 0.2) is 0 Å². The fourth-order valence-corrected chi connectivity index (χ4v) is 1.36. The molecule has 0 atom stereocenters. The Morgan fingerprint density at radius 3 is 2.67 bits per heavy atom. The molecule has 0 saturated carbocycles. The van der Waals surface area contributed by atoms with Gasteiger partial charge in [0.25, 0.3) is 0 Å². The number of oxazole rings is 1. The van der Waals surface area contributed by atoms with E-state index in [1.54, 1.807) is 0 Å². The number of hydrogen-bond donors (Lipinski definition) is 0. The van der Waals surface area contributed by atoms with Crippen LogP contribution in [0.25, 0.3) is 0 Å². The maximum absolute atomic E-state index is 8.51. The van der Waals surface area contributed by atoms with E-state index in [0.29, 0.717) is 13.0 Å². The molecule has 0 aliphatic heterocycles. The number of aromatic nitrogens is 1. The molecular formula is C11H17N3O. The van der Waals surface area contributed by atoms with E-state index in [0.717, 1.165) is 30.4 Å². The molecule has 0 radical (unpaired) electrons. The van der Waals surface area contributed by atoms with Crippen molar-refractivity contribution in [1.82, 2.24) is 9.88 Å². The van der Waals surface area contributed by atoms with Crippen molar-refractivity contribution in [2.45, 2.75) is 33.7 Å². The van der Waals surface area contributed by atoms with E-state index in [2.05, 4.69) is 22.9 Å². The van der Waals surface area contributed by atoms with E-state index < -0.39 is 0 Å². The van der Waals surface area contributed by atoms with Crippen molar-refractivity contribution in [3.63, 3.8) is 0 Å². The quantitative estimate of drug-likeness (QED) is 0.741. The van der Waals surface area contributed by atoms with Crippen LogP contribution in [0.3, 0.4) is 0 Å². The normalized spacial score (nSPS) is 10.6. The highest BCUT2D eigenvalue weighted by molar-refractivity contribution is 5.05. The van der Waals surface area contributed by atoms with Gasteiger partial charge in [-0.25, -0.2) is 4.98 Å². The molecule has 0 fully saturated rings. The van der Waals surface area contributed by atoms with Crippen molar-refractivity contribution < 1.29 is 4.42 Å². The van der Waals surface area contributed by atoms with E-state index in [1.807, 2.05) is 13.8 Å². The first-order valence-electron chi connectivity index (χ1n) is 5.19. The maximum Gasteiger partial charge on any atom is 0.208 e. The maximum atomic E-state index is 8.51. The largest absolute Gasteiger partial charge is 0.444 e. The van der Waals surface area contributed by atoms with Gasteiger partial charge in [-0.2, -0.15) is 5.26 Å². The Morgan fingerprint density at radius 1 is 1.47 bits per heavy atom. The van der Waals surface area contributed by atoms with Crippen LogP contribution in [0.5, 0.6) is 0 Å². The fourth-order valence-electron chi connectivity index (χ4n) is 1.36. The van der Waals surface area contributed by atoms with Gasteiger partial charge in [-0.1, -0.05) is 6.92 Å². The van der Waals surface area contributed by atoms with Gasteiger partial charge >= 0.3 is 0 Å². The van der Waals surface area contributed by atoms with E-state index in [-0.39, 0.29) is 0 Å². The highest BCUT2D eigenvalue weighted by Crippen LogP contribution is 2.10. The van der Waals surface area contributed by atoms with Gasteiger partial charge in [-0.05, 0) is 20.4 Å². The van der Waals surface area contributed by atoms with Crippen LogP contribution < -0.4 is 0 Å². The molecular weight excluding hydrogens is 190 g/mol. The minimum absolute atomic E-state index is 0.548. The van der Waals surface area contributed by atoms with Crippen molar-refractivity contribution in [3.8, 4) is 6.07 Å². The number of rotatable bonds is 5. The van der Waals surface area contributed by atoms with Crippen molar-refractivity contribution in [2.75, 3.05) is 13.1 Å². The summed E-state index contributed by atoms with van der Waals surface area (Å²) >= 11 is 0. The molecule has 1 aromatic rings. The number of hydrogen-bond acceptors (Lipinski definition) is 4. The molecule has 1 rings (SSSR count). The first-order chi connectivity index (χ1) is 7.17. The summed E-state index contributed by atoms with van der Waals surface area (Å²) in [5.41, 5.74) is 0.946. The lowest BCUT2D eigenvalue weighted by Gasteiger charge is -2.16. The molecule has 0 aliphatic carbocycles. The topological polar surface area (TPSA) is 53.1 Å². The second-order valence-corrected chi connectivity index (χ2v) is 3.53. The Bertz CT molecular complexity index is 332. The molecule has 1 heterocycles. The average Bonchev–Trinajstić information content (AvgIpc) is 2.53. The summed E-state index contributed by atoms with van der Waals surface area (Å²) in [4.78, 5) is 6.46. The standard InChI is InChI=1S/C11H17N3O/c1-4-14(7-5-6-12)8-11-13-9(2)10(3)15-11/h4-5,7-8H2,1-3H3. The number of aryl methyl sites for hydroxylation is 2. The smallest absolute Gasteiger partial charge is 0.208 e. The van der Waals surface area contributed by atoms with E-state index in [9.17, 15) is 0 Å². The lowest BCUT2D eigenvalue weighted by molar-refractivity contribution is 0.254.